The van der Waals surface area contributed by atoms with E-state index < -0.39 is 24.6 Å². The summed E-state index contributed by atoms with van der Waals surface area (Å²) in [5, 5.41) is 18.6. The molecular formula is C23H24O7. The van der Waals surface area contributed by atoms with Gasteiger partial charge in [0.2, 0.25) is 0 Å². The molecule has 158 valence electrons. The molecule has 1 unspecified atom stereocenters. The van der Waals surface area contributed by atoms with Gasteiger partial charge in [0.1, 0.15) is 12.4 Å². The smallest absolute Gasteiger partial charge is 0.331 e. The van der Waals surface area contributed by atoms with Gasteiger partial charge in [-0.05, 0) is 29.3 Å². The highest BCUT2D eigenvalue weighted by Gasteiger charge is 2.14. The summed E-state index contributed by atoms with van der Waals surface area (Å²) in [7, 11) is 1.49. The first-order chi connectivity index (χ1) is 14.5. The first kappa shape index (κ1) is 22.9. The Morgan fingerprint density at radius 1 is 0.967 bits per heavy atom. The van der Waals surface area contributed by atoms with Crippen LogP contribution in [-0.4, -0.2) is 48.6 Å². The molecule has 0 amide bonds. The molecule has 2 aromatic carbocycles. The zero-order valence-electron chi connectivity index (χ0n) is 16.6. The van der Waals surface area contributed by atoms with E-state index in [9.17, 15) is 19.8 Å². The molecule has 0 aromatic heterocycles. The van der Waals surface area contributed by atoms with Crippen molar-refractivity contribution in [2.24, 2.45) is 0 Å². The highest BCUT2D eigenvalue weighted by atomic mass is 16.6. The third kappa shape index (κ3) is 7.54. The minimum absolute atomic E-state index is 0.156. The maximum atomic E-state index is 11.9. The molecule has 0 fully saturated rings. The van der Waals surface area contributed by atoms with Crippen molar-refractivity contribution in [1.29, 1.82) is 0 Å². The Morgan fingerprint density at radius 2 is 1.67 bits per heavy atom. The average molecular weight is 412 g/mol. The van der Waals surface area contributed by atoms with Crippen molar-refractivity contribution in [3.8, 4) is 5.75 Å². The van der Waals surface area contributed by atoms with Crippen LogP contribution in [0.25, 0.3) is 12.2 Å². The van der Waals surface area contributed by atoms with E-state index in [2.05, 4.69) is 0 Å². The summed E-state index contributed by atoms with van der Waals surface area (Å²) in [5.41, 5.74) is 2.14. The van der Waals surface area contributed by atoms with Crippen molar-refractivity contribution < 1.29 is 34.0 Å². The number of hydrogen-bond donors (Lipinski definition) is 2. The van der Waals surface area contributed by atoms with Crippen molar-refractivity contribution in [2.75, 3.05) is 20.3 Å². The highest BCUT2D eigenvalue weighted by Crippen LogP contribution is 2.20. The third-order valence-electron chi connectivity index (χ3n) is 4.00. The molecule has 0 heterocycles. The second-order valence-electron chi connectivity index (χ2n) is 6.18. The Labute approximate surface area is 174 Å². The lowest BCUT2D eigenvalue weighted by Crippen LogP contribution is -2.27. The maximum Gasteiger partial charge on any atom is 0.331 e. The van der Waals surface area contributed by atoms with E-state index in [0.717, 1.165) is 5.56 Å². The van der Waals surface area contributed by atoms with Crippen LogP contribution in [0.2, 0.25) is 0 Å². The Hall–Kier alpha value is -3.42. The molecule has 7 heteroatoms. The molecule has 0 aliphatic rings. The van der Waals surface area contributed by atoms with Crippen LogP contribution in [0.15, 0.2) is 60.7 Å². The summed E-state index contributed by atoms with van der Waals surface area (Å²) in [6.07, 6.45) is 4.58. The molecule has 2 N–H and O–H groups in total. The fraction of sp³-hybridized carbons (Fsp3) is 0.217. The van der Waals surface area contributed by atoms with Crippen molar-refractivity contribution in [2.45, 2.75) is 12.7 Å². The van der Waals surface area contributed by atoms with Gasteiger partial charge in [-0.3, -0.25) is 0 Å². The topological polar surface area (TPSA) is 102 Å². The summed E-state index contributed by atoms with van der Waals surface area (Å²) in [4.78, 5) is 23.7. The maximum absolute atomic E-state index is 11.9. The van der Waals surface area contributed by atoms with Crippen LogP contribution in [0.5, 0.6) is 5.75 Å². The lowest BCUT2D eigenvalue weighted by atomic mass is 10.1. The van der Waals surface area contributed by atoms with E-state index in [1.54, 1.807) is 24.3 Å². The van der Waals surface area contributed by atoms with E-state index in [1.165, 1.54) is 25.3 Å². The fourth-order valence-corrected chi connectivity index (χ4v) is 2.44. The van der Waals surface area contributed by atoms with E-state index in [4.69, 9.17) is 14.2 Å². The molecule has 30 heavy (non-hydrogen) atoms. The third-order valence-corrected chi connectivity index (χ3v) is 4.00. The molecule has 1 atom stereocenters. The summed E-state index contributed by atoms with van der Waals surface area (Å²) >= 11 is 0. The quantitative estimate of drug-likeness (QED) is 0.456. The van der Waals surface area contributed by atoms with E-state index in [1.807, 2.05) is 30.3 Å². The molecule has 0 saturated carbocycles. The second-order valence-corrected chi connectivity index (χ2v) is 6.18. The molecular weight excluding hydrogens is 388 g/mol. The number of hydrogen-bond acceptors (Lipinski definition) is 7. The van der Waals surface area contributed by atoms with Crippen molar-refractivity contribution >= 4 is 24.1 Å². The number of methoxy groups -OCH3 is 1. The first-order valence-corrected chi connectivity index (χ1v) is 9.23. The Morgan fingerprint density at radius 3 is 2.33 bits per heavy atom. The van der Waals surface area contributed by atoms with E-state index in [0.29, 0.717) is 16.9 Å². The molecule has 2 rings (SSSR count). The SMILES string of the molecule is COc1cc(/C=C/C(=O)OCC(CO)OC(=O)/C=C/c2ccccc2)ccc1CO. The van der Waals surface area contributed by atoms with Crippen LogP contribution in [0, 0.1) is 0 Å². The zero-order chi connectivity index (χ0) is 21.8. The van der Waals surface area contributed by atoms with E-state index in [-0.39, 0.29) is 13.2 Å². The predicted molar refractivity (Wildman–Crippen MR) is 111 cm³/mol. The molecule has 7 nitrogen and oxygen atoms in total. The molecule has 2 aromatic rings. The van der Waals surface area contributed by atoms with Gasteiger partial charge in [-0.1, -0.05) is 42.5 Å². The van der Waals surface area contributed by atoms with Crippen molar-refractivity contribution in [3.63, 3.8) is 0 Å². The van der Waals surface area contributed by atoms with Crippen LogP contribution in [0.4, 0.5) is 0 Å². The van der Waals surface area contributed by atoms with Gasteiger partial charge >= 0.3 is 11.9 Å². The van der Waals surface area contributed by atoms with Gasteiger partial charge in [0.25, 0.3) is 0 Å². The number of carbonyl (C=O) groups is 2. The number of ether oxygens (including phenoxy) is 3. The highest BCUT2D eigenvalue weighted by molar-refractivity contribution is 5.88. The Balaban J connectivity index is 1.84. The van der Waals surface area contributed by atoms with E-state index >= 15 is 0 Å². The number of aliphatic hydroxyl groups excluding tert-OH is 2. The number of aliphatic hydroxyl groups is 2. The predicted octanol–water partition coefficient (Wildman–Crippen LogP) is 2.36. The minimum atomic E-state index is -0.973. The second kappa shape index (κ2) is 12.2. The number of rotatable bonds is 10. The lowest BCUT2D eigenvalue weighted by Gasteiger charge is -2.13. The number of carbonyl (C=O) groups excluding carboxylic acids is 2. The molecule has 0 aliphatic carbocycles. The first-order valence-electron chi connectivity index (χ1n) is 9.23. The van der Waals surface area contributed by atoms with Crippen LogP contribution >= 0.6 is 0 Å². The molecule has 0 bridgehead atoms. The van der Waals surface area contributed by atoms with Gasteiger partial charge in [0, 0.05) is 17.7 Å². The van der Waals surface area contributed by atoms with Gasteiger partial charge in [0.05, 0.1) is 20.3 Å². The molecule has 0 aliphatic heterocycles. The minimum Gasteiger partial charge on any atom is -0.496 e. The normalized spacial score (nSPS) is 12.1. The summed E-state index contributed by atoms with van der Waals surface area (Å²) in [6.45, 7) is -0.921. The molecule has 0 saturated heterocycles. The molecule has 0 radical (unpaired) electrons. The summed E-state index contributed by atoms with van der Waals surface area (Å²) in [5.74, 6) is -0.807. The largest absolute Gasteiger partial charge is 0.496 e. The van der Waals surface area contributed by atoms with Gasteiger partial charge in [-0.25, -0.2) is 9.59 Å². The van der Waals surface area contributed by atoms with Gasteiger partial charge in [-0.15, -0.1) is 0 Å². The zero-order valence-corrected chi connectivity index (χ0v) is 16.6. The van der Waals surface area contributed by atoms with Gasteiger partial charge < -0.3 is 24.4 Å². The van der Waals surface area contributed by atoms with Gasteiger partial charge in [0.15, 0.2) is 6.10 Å². The van der Waals surface area contributed by atoms with Gasteiger partial charge in [-0.2, -0.15) is 0 Å². The number of benzene rings is 2. The van der Waals surface area contributed by atoms with Crippen molar-refractivity contribution in [3.05, 3.63) is 77.4 Å². The summed E-state index contributed by atoms with van der Waals surface area (Å²) in [6, 6.07) is 14.3. The standard InChI is InChI=1S/C23H24O7/c1-28-21-13-18(7-10-19(21)14-24)9-11-22(26)29-16-20(15-25)30-23(27)12-8-17-5-3-2-4-6-17/h2-13,20,24-25H,14-16H2,1H3/b11-9+,12-8+. The average Bonchev–Trinajstić information content (AvgIpc) is 2.79. The molecule has 0 spiro atoms. The summed E-state index contributed by atoms with van der Waals surface area (Å²) < 4.78 is 15.3. The fourth-order valence-electron chi connectivity index (χ4n) is 2.44. The lowest BCUT2D eigenvalue weighted by molar-refractivity contribution is -0.154. The Bertz CT molecular complexity index is 888. The number of esters is 2. The van der Waals surface area contributed by atoms with Crippen molar-refractivity contribution in [1.82, 2.24) is 0 Å². The van der Waals surface area contributed by atoms with Crippen LogP contribution in [0.3, 0.4) is 0 Å². The van der Waals surface area contributed by atoms with Crippen LogP contribution in [0.1, 0.15) is 16.7 Å². The Kier molecular flexibility index (Phi) is 9.30. The monoisotopic (exact) mass is 412 g/mol. The van der Waals surface area contributed by atoms with Crippen LogP contribution in [-0.2, 0) is 25.7 Å². The van der Waals surface area contributed by atoms with Crippen LogP contribution < -0.4 is 4.74 Å².